The number of urea groups is 1. The van der Waals surface area contributed by atoms with E-state index in [0.29, 0.717) is 30.2 Å². The fourth-order valence-corrected chi connectivity index (χ4v) is 3.61. The molecular formula is C17H21N5O2S. The van der Waals surface area contributed by atoms with E-state index in [0.717, 1.165) is 17.0 Å². The van der Waals surface area contributed by atoms with Crippen LogP contribution in [0, 0.1) is 0 Å². The van der Waals surface area contributed by atoms with Crippen molar-refractivity contribution in [3.63, 3.8) is 0 Å². The van der Waals surface area contributed by atoms with Crippen LogP contribution in [0.4, 0.5) is 10.5 Å². The molecule has 2 aromatic rings. The van der Waals surface area contributed by atoms with Crippen molar-refractivity contribution < 1.29 is 9.59 Å². The zero-order valence-electron chi connectivity index (χ0n) is 14.3. The summed E-state index contributed by atoms with van der Waals surface area (Å²) in [5.41, 5.74) is 1.57. The number of fused-ring (bicyclic) bond motifs is 1. The number of amides is 3. The second kappa shape index (κ2) is 7.60. The van der Waals surface area contributed by atoms with Gasteiger partial charge in [0.1, 0.15) is 0 Å². The van der Waals surface area contributed by atoms with Gasteiger partial charge in [-0.2, -0.15) is 0 Å². The highest BCUT2D eigenvalue weighted by atomic mass is 32.1. The van der Waals surface area contributed by atoms with Gasteiger partial charge in [0, 0.05) is 43.0 Å². The van der Waals surface area contributed by atoms with Gasteiger partial charge in [0.2, 0.25) is 0 Å². The predicted octanol–water partition coefficient (Wildman–Crippen LogP) is 2.31. The number of nitrogens with one attached hydrogen (secondary N) is 2. The SMILES string of the molecule is CC(C)NC(=O)N1CCc2nc(C(=O)Nc3cccnc3)sc2CC1. The minimum Gasteiger partial charge on any atom is -0.336 e. The van der Waals surface area contributed by atoms with E-state index < -0.39 is 0 Å². The third-order valence-corrected chi connectivity index (χ3v) is 4.97. The molecule has 3 heterocycles. The van der Waals surface area contributed by atoms with Crippen molar-refractivity contribution in [2.45, 2.75) is 32.7 Å². The summed E-state index contributed by atoms with van der Waals surface area (Å²) >= 11 is 1.40. The Morgan fingerprint density at radius 3 is 2.80 bits per heavy atom. The Balaban J connectivity index is 1.64. The molecule has 0 unspecified atom stereocenters. The van der Waals surface area contributed by atoms with Crippen molar-refractivity contribution in [1.29, 1.82) is 0 Å². The first-order valence-electron chi connectivity index (χ1n) is 8.28. The summed E-state index contributed by atoms with van der Waals surface area (Å²) in [5, 5.41) is 6.17. The molecule has 0 aliphatic carbocycles. The summed E-state index contributed by atoms with van der Waals surface area (Å²) in [6.45, 7) is 5.14. The predicted molar refractivity (Wildman–Crippen MR) is 97.0 cm³/mol. The van der Waals surface area contributed by atoms with E-state index in [1.54, 1.807) is 24.5 Å². The number of pyridine rings is 1. The van der Waals surface area contributed by atoms with Crippen LogP contribution in [0.5, 0.6) is 0 Å². The number of aromatic nitrogens is 2. The first-order chi connectivity index (χ1) is 12.0. The van der Waals surface area contributed by atoms with E-state index in [9.17, 15) is 9.59 Å². The summed E-state index contributed by atoms with van der Waals surface area (Å²) in [4.78, 5) is 35.8. The topological polar surface area (TPSA) is 87.2 Å². The average Bonchev–Trinajstić information content (AvgIpc) is 2.88. The Kier molecular flexibility index (Phi) is 5.28. The number of nitrogens with zero attached hydrogens (tertiary/aromatic N) is 3. The average molecular weight is 359 g/mol. The van der Waals surface area contributed by atoms with Gasteiger partial charge in [0.15, 0.2) is 5.01 Å². The van der Waals surface area contributed by atoms with E-state index in [-0.39, 0.29) is 18.0 Å². The van der Waals surface area contributed by atoms with Gasteiger partial charge < -0.3 is 15.5 Å². The standard InChI is InChI=1S/C17H21N5O2S/c1-11(2)19-17(24)22-8-5-13-14(6-9-22)25-16(21-13)15(23)20-12-4-3-7-18-10-12/h3-4,7,10-11H,5-6,8-9H2,1-2H3,(H,19,24)(H,20,23). The first kappa shape index (κ1) is 17.3. The number of hydrogen-bond acceptors (Lipinski definition) is 5. The van der Waals surface area contributed by atoms with E-state index in [2.05, 4.69) is 20.6 Å². The Labute approximate surface area is 150 Å². The molecule has 132 valence electrons. The normalized spacial score (nSPS) is 14.0. The third-order valence-electron chi connectivity index (χ3n) is 3.82. The number of carbonyl (C=O) groups is 2. The number of thiazole rings is 1. The largest absolute Gasteiger partial charge is 0.336 e. The van der Waals surface area contributed by atoms with Gasteiger partial charge in [-0.15, -0.1) is 11.3 Å². The molecule has 1 aliphatic rings. The van der Waals surface area contributed by atoms with Crippen LogP contribution in [0.25, 0.3) is 0 Å². The van der Waals surface area contributed by atoms with Gasteiger partial charge in [0.05, 0.1) is 17.6 Å². The number of carbonyl (C=O) groups excluding carboxylic acids is 2. The Hall–Kier alpha value is -2.48. The molecule has 2 aromatic heterocycles. The van der Waals surface area contributed by atoms with Crippen molar-refractivity contribution in [2.75, 3.05) is 18.4 Å². The molecule has 0 radical (unpaired) electrons. The van der Waals surface area contributed by atoms with E-state index in [1.807, 2.05) is 18.7 Å². The Morgan fingerprint density at radius 2 is 2.08 bits per heavy atom. The summed E-state index contributed by atoms with van der Waals surface area (Å²) in [7, 11) is 0. The highest BCUT2D eigenvalue weighted by molar-refractivity contribution is 7.13. The minimum atomic E-state index is -0.222. The number of hydrogen-bond donors (Lipinski definition) is 2. The van der Waals surface area contributed by atoms with E-state index in [4.69, 9.17) is 0 Å². The lowest BCUT2D eigenvalue weighted by Gasteiger charge is -2.22. The van der Waals surface area contributed by atoms with Gasteiger partial charge in [-0.05, 0) is 26.0 Å². The van der Waals surface area contributed by atoms with Crippen molar-refractivity contribution >= 4 is 29.0 Å². The molecule has 0 aromatic carbocycles. The molecule has 0 saturated heterocycles. The van der Waals surface area contributed by atoms with E-state index in [1.165, 1.54) is 11.3 Å². The van der Waals surface area contributed by atoms with Crippen molar-refractivity contribution in [3.8, 4) is 0 Å². The summed E-state index contributed by atoms with van der Waals surface area (Å²) in [6.07, 6.45) is 4.64. The third kappa shape index (κ3) is 4.33. The fourth-order valence-electron chi connectivity index (χ4n) is 2.62. The van der Waals surface area contributed by atoms with Crippen molar-refractivity contribution in [3.05, 3.63) is 40.1 Å². The van der Waals surface area contributed by atoms with Crippen LogP contribution in [-0.4, -0.2) is 45.9 Å². The maximum absolute atomic E-state index is 12.3. The Morgan fingerprint density at radius 1 is 1.28 bits per heavy atom. The smallest absolute Gasteiger partial charge is 0.317 e. The highest BCUT2D eigenvalue weighted by Gasteiger charge is 2.23. The second-order valence-electron chi connectivity index (χ2n) is 6.18. The van der Waals surface area contributed by atoms with Gasteiger partial charge in [-0.3, -0.25) is 9.78 Å². The minimum absolute atomic E-state index is 0.0419. The van der Waals surface area contributed by atoms with Crippen molar-refractivity contribution in [1.82, 2.24) is 20.2 Å². The van der Waals surface area contributed by atoms with Crippen LogP contribution in [0.15, 0.2) is 24.5 Å². The molecule has 8 heteroatoms. The summed E-state index contributed by atoms with van der Waals surface area (Å²) < 4.78 is 0. The lowest BCUT2D eigenvalue weighted by molar-refractivity contribution is 0.102. The van der Waals surface area contributed by atoms with Gasteiger partial charge in [0.25, 0.3) is 5.91 Å². The first-order valence-corrected chi connectivity index (χ1v) is 9.10. The maximum Gasteiger partial charge on any atom is 0.317 e. The molecule has 3 amide bonds. The van der Waals surface area contributed by atoms with E-state index >= 15 is 0 Å². The van der Waals surface area contributed by atoms with Crippen LogP contribution in [0.1, 0.15) is 34.2 Å². The molecule has 0 spiro atoms. The molecule has 7 nitrogen and oxygen atoms in total. The van der Waals surface area contributed by atoms with Crippen LogP contribution in [0.3, 0.4) is 0 Å². The van der Waals surface area contributed by atoms with Crippen LogP contribution < -0.4 is 10.6 Å². The molecule has 25 heavy (non-hydrogen) atoms. The van der Waals surface area contributed by atoms with Gasteiger partial charge in [-0.1, -0.05) is 0 Å². The van der Waals surface area contributed by atoms with Crippen LogP contribution in [-0.2, 0) is 12.8 Å². The summed E-state index contributed by atoms with van der Waals surface area (Å²) in [5.74, 6) is -0.222. The molecule has 0 bridgehead atoms. The molecule has 2 N–H and O–H groups in total. The second-order valence-corrected chi connectivity index (χ2v) is 7.26. The zero-order chi connectivity index (χ0) is 17.8. The van der Waals surface area contributed by atoms with Crippen molar-refractivity contribution in [2.24, 2.45) is 0 Å². The highest BCUT2D eigenvalue weighted by Crippen LogP contribution is 2.23. The van der Waals surface area contributed by atoms with Crippen LogP contribution in [0.2, 0.25) is 0 Å². The lowest BCUT2D eigenvalue weighted by Crippen LogP contribution is -2.44. The number of rotatable bonds is 3. The van der Waals surface area contributed by atoms with Crippen LogP contribution >= 0.6 is 11.3 Å². The molecule has 1 aliphatic heterocycles. The van der Waals surface area contributed by atoms with Gasteiger partial charge in [-0.25, -0.2) is 9.78 Å². The molecule has 0 fully saturated rings. The monoisotopic (exact) mass is 359 g/mol. The molecular weight excluding hydrogens is 338 g/mol. The zero-order valence-corrected chi connectivity index (χ0v) is 15.1. The summed E-state index contributed by atoms with van der Waals surface area (Å²) in [6, 6.07) is 3.63. The quantitative estimate of drug-likeness (QED) is 0.880. The molecule has 0 saturated carbocycles. The lowest BCUT2D eigenvalue weighted by atomic mass is 10.2. The number of anilines is 1. The molecule has 3 rings (SSSR count). The fraction of sp³-hybridized carbons (Fsp3) is 0.412. The molecule has 0 atom stereocenters. The Bertz CT molecular complexity index is 734. The van der Waals surface area contributed by atoms with Gasteiger partial charge >= 0.3 is 6.03 Å². The maximum atomic E-state index is 12.3.